The number of pyridine rings is 1. The van der Waals surface area contributed by atoms with E-state index < -0.39 is 11.1 Å². The fraction of sp³-hybridized carbons (Fsp3) is 0.188. The molecule has 1 atom stereocenters. The van der Waals surface area contributed by atoms with Gasteiger partial charge >= 0.3 is 11.1 Å². The zero-order valence-corrected chi connectivity index (χ0v) is 13.7. The van der Waals surface area contributed by atoms with Gasteiger partial charge in [0.05, 0.1) is 21.1 Å². The molecule has 1 unspecified atom stereocenters. The molecule has 7 heteroatoms. The van der Waals surface area contributed by atoms with Crippen LogP contribution in [0.4, 0.5) is 0 Å². The summed E-state index contributed by atoms with van der Waals surface area (Å²) in [5.41, 5.74) is 0.923. The molecule has 0 amide bonds. The second-order valence-electron chi connectivity index (χ2n) is 5.13. The number of hydrogen-bond acceptors (Lipinski definition) is 3. The Kier molecular flexibility index (Phi) is 4.24. The largest absolute Gasteiger partial charge is 0.316 e. The van der Waals surface area contributed by atoms with Gasteiger partial charge < -0.3 is 9.97 Å². The molecule has 0 aliphatic carbocycles. The Morgan fingerprint density at radius 1 is 1.17 bits per heavy atom. The molecule has 0 aliphatic rings. The first-order valence-electron chi connectivity index (χ1n) is 7.08. The first-order valence-corrected chi connectivity index (χ1v) is 7.83. The van der Waals surface area contributed by atoms with Crippen molar-refractivity contribution in [2.24, 2.45) is 0 Å². The van der Waals surface area contributed by atoms with Gasteiger partial charge in [-0.1, -0.05) is 36.2 Å². The Hall–Kier alpha value is -2.11. The number of fused-ring (bicyclic) bond motifs is 1. The summed E-state index contributed by atoms with van der Waals surface area (Å²) < 4.78 is 0. The molecule has 1 aromatic carbocycles. The van der Waals surface area contributed by atoms with Gasteiger partial charge in [0.15, 0.2) is 0 Å². The van der Waals surface area contributed by atoms with Crippen molar-refractivity contribution in [1.29, 1.82) is 0 Å². The Morgan fingerprint density at radius 2 is 1.91 bits per heavy atom. The van der Waals surface area contributed by atoms with Gasteiger partial charge in [0.1, 0.15) is 0 Å². The molecule has 3 rings (SSSR count). The molecule has 2 aromatic heterocycles. The quantitative estimate of drug-likeness (QED) is 0.710. The van der Waals surface area contributed by atoms with E-state index in [2.05, 4.69) is 15.0 Å². The van der Waals surface area contributed by atoms with Gasteiger partial charge in [-0.25, -0.2) is 0 Å². The average molecular weight is 350 g/mol. The summed E-state index contributed by atoms with van der Waals surface area (Å²) in [6.45, 7) is 1.99. The second kappa shape index (κ2) is 6.18. The molecule has 2 N–H and O–H groups in total. The van der Waals surface area contributed by atoms with Crippen LogP contribution >= 0.6 is 23.2 Å². The number of halogens is 2. The highest BCUT2D eigenvalue weighted by molar-refractivity contribution is 6.43. The first-order chi connectivity index (χ1) is 11.0. The van der Waals surface area contributed by atoms with Gasteiger partial charge in [-0.2, -0.15) is 0 Å². The Balaban J connectivity index is 2.39. The van der Waals surface area contributed by atoms with Crippen molar-refractivity contribution >= 4 is 34.2 Å². The Morgan fingerprint density at radius 3 is 2.57 bits per heavy atom. The summed E-state index contributed by atoms with van der Waals surface area (Å²) >= 11 is 12.6. The lowest BCUT2D eigenvalue weighted by atomic mass is 9.91. The lowest BCUT2D eigenvalue weighted by Crippen LogP contribution is -2.29. The first kappa shape index (κ1) is 15.8. The van der Waals surface area contributed by atoms with Crippen LogP contribution < -0.4 is 11.1 Å². The highest BCUT2D eigenvalue weighted by Gasteiger charge is 2.22. The van der Waals surface area contributed by atoms with Gasteiger partial charge in [-0.15, -0.1) is 0 Å². The SMILES string of the molecule is CCC(c1ccccn1)c1c(Cl)c(Cl)cc2[nH]c(=O)c(=O)[nH]c12. The van der Waals surface area contributed by atoms with Crippen LogP contribution in [0, 0.1) is 0 Å². The summed E-state index contributed by atoms with van der Waals surface area (Å²) in [5.74, 6) is -0.161. The third-order valence-corrected chi connectivity index (χ3v) is 4.55. The van der Waals surface area contributed by atoms with Crippen LogP contribution in [0.3, 0.4) is 0 Å². The molecule has 0 radical (unpaired) electrons. The van der Waals surface area contributed by atoms with Gasteiger partial charge in [-0.05, 0) is 24.6 Å². The number of nitrogens with one attached hydrogen (secondary N) is 2. The van der Waals surface area contributed by atoms with Crippen molar-refractivity contribution in [3.05, 3.63) is 72.5 Å². The van der Waals surface area contributed by atoms with E-state index in [1.165, 1.54) is 6.07 Å². The molecule has 118 valence electrons. The molecule has 2 heterocycles. The molecule has 0 spiro atoms. The molecular weight excluding hydrogens is 337 g/mol. The number of aromatic nitrogens is 3. The van der Waals surface area contributed by atoms with E-state index in [-0.39, 0.29) is 5.92 Å². The summed E-state index contributed by atoms with van der Waals surface area (Å²) in [6.07, 6.45) is 2.40. The third-order valence-electron chi connectivity index (χ3n) is 3.75. The summed E-state index contributed by atoms with van der Waals surface area (Å²) in [5, 5.41) is 0.658. The maximum Gasteiger partial charge on any atom is 0.314 e. The number of aromatic amines is 2. The zero-order chi connectivity index (χ0) is 16.6. The lowest BCUT2D eigenvalue weighted by molar-refractivity contribution is 0.753. The van der Waals surface area contributed by atoms with Crippen LogP contribution in [-0.4, -0.2) is 15.0 Å². The van der Waals surface area contributed by atoms with Crippen LogP contribution in [0.1, 0.15) is 30.5 Å². The smallest absolute Gasteiger partial charge is 0.314 e. The summed E-state index contributed by atoms with van der Waals surface area (Å²) in [7, 11) is 0. The summed E-state index contributed by atoms with van der Waals surface area (Å²) in [4.78, 5) is 32.8. The normalized spacial score (nSPS) is 12.5. The minimum absolute atomic E-state index is 0.161. The minimum Gasteiger partial charge on any atom is -0.316 e. The molecule has 0 saturated heterocycles. The second-order valence-corrected chi connectivity index (χ2v) is 5.92. The van der Waals surface area contributed by atoms with Gasteiger partial charge in [0.25, 0.3) is 0 Å². The molecule has 5 nitrogen and oxygen atoms in total. The number of H-pyrrole nitrogens is 2. The molecule has 0 aliphatic heterocycles. The average Bonchev–Trinajstić information content (AvgIpc) is 2.55. The molecule has 23 heavy (non-hydrogen) atoms. The molecule has 0 bridgehead atoms. The van der Waals surface area contributed by atoms with Gasteiger partial charge in [-0.3, -0.25) is 14.6 Å². The fourth-order valence-corrected chi connectivity index (χ4v) is 3.19. The van der Waals surface area contributed by atoms with Crippen LogP contribution in [0.2, 0.25) is 10.0 Å². The highest BCUT2D eigenvalue weighted by atomic mass is 35.5. The summed E-state index contributed by atoms with van der Waals surface area (Å²) in [6, 6.07) is 7.13. The minimum atomic E-state index is -0.729. The van der Waals surface area contributed by atoms with Crippen molar-refractivity contribution in [2.45, 2.75) is 19.3 Å². The van der Waals surface area contributed by atoms with Crippen LogP contribution in [-0.2, 0) is 0 Å². The third kappa shape index (κ3) is 2.78. The Bertz CT molecular complexity index is 980. The number of hydrogen-bond donors (Lipinski definition) is 2. The van der Waals surface area contributed by atoms with E-state index in [9.17, 15) is 9.59 Å². The zero-order valence-electron chi connectivity index (χ0n) is 12.2. The molecular formula is C16H13Cl2N3O2. The number of nitrogens with zero attached hydrogens (tertiary/aromatic N) is 1. The van der Waals surface area contributed by atoms with Crippen LogP contribution in [0.25, 0.3) is 11.0 Å². The highest BCUT2D eigenvalue weighted by Crippen LogP contribution is 2.39. The van der Waals surface area contributed by atoms with Crippen molar-refractivity contribution in [1.82, 2.24) is 15.0 Å². The molecule has 0 fully saturated rings. The van der Waals surface area contributed by atoms with E-state index >= 15 is 0 Å². The van der Waals surface area contributed by atoms with Crippen molar-refractivity contribution in [3.63, 3.8) is 0 Å². The maximum atomic E-state index is 11.7. The van der Waals surface area contributed by atoms with E-state index in [4.69, 9.17) is 23.2 Å². The van der Waals surface area contributed by atoms with E-state index in [0.29, 0.717) is 33.1 Å². The fourth-order valence-electron chi connectivity index (χ4n) is 2.70. The predicted molar refractivity (Wildman–Crippen MR) is 91.6 cm³/mol. The topological polar surface area (TPSA) is 78.6 Å². The number of rotatable bonds is 3. The number of benzene rings is 1. The van der Waals surface area contributed by atoms with Crippen molar-refractivity contribution < 1.29 is 0 Å². The van der Waals surface area contributed by atoms with E-state index in [1.807, 2.05) is 25.1 Å². The molecule has 3 aromatic rings. The van der Waals surface area contributed by atoms with Crippen molar-refractivity contribution in [2.75, 3.05) is 0 Å². The van der Waals surface area contributed by atoms with E-state index in [0.717, 1.165) is 5.69 Å². The Labute approximate surface area is 141 Å². The maximum absolute atomic E-state index is 11.7. The monoisotopic (exact) mass is 349 g/mol. The lowest BCUT2D eigenvalue weighted by Gasteiger charge is -2.19. The van der Waals surface area contributed by atoms with Crippen molar-refractivity contribution in [3.8, 4) is 0 Å². The molecule has 0 saturated carbocycles. The van der Waals surface area contributed by atoms with Crippen LogP contribution in [0.15, 0.2) is 40.1 Å². The van der Waals surface area contributed by atoms with Crippen LogP contribution in [0.5, 0.6) is 0 Å². The standard InChI is InChI=1S/C16H13Cl2N3O2/c1-2-8(10-5-3-4-6-19-10)12-13(18)9(17)7-11-14(12)21-16(23)15(22)20-11/h3-8H,2H2,1H3,(H,20,22)(H,21,23). The predicted octanol–water partition coefficient (Wildman–Crippen LogP) is 3.46. The van der Waals surface area contributed by atoms with E-state index in [1.54, 1.807) is 6.20 Å². The van der Waals surface area contributed by atoms with Gasteiger partial charge in [0.2, 0.25) is 0 Å². The van der Waals surface area contributed by atoms with Gasteiger partial charge in [0, 0.05) is 23.4 Å².